The lowest BCUT2D eigenvalue weighted by Crippen LogP contribution is -2.28. The molecule has 0 aliphatic heterocycles. The lowest BCUT2D eigenvalue weighted by Gasteiger charge is -2.08. The Bertz CT molecular complexity index is 832. The van der Waals surface area contributed by atoms with Gasteiger partial charge in [-0.15, -0.1) is 0 Å². The number of hydrogen-bond donors (Lipinski definition) is 1. The highest BCUT2D eigenvalue weighted by Gasteiger charge is 2.43. The fourth-order valence-electron chi connectivity index (χ4n) is 2.63. The first-order chi connectivity index (χ1) is 11.4. The van der Waals surface area contributed by atoms with Gasteiger partial charge in [0.25, 0.3) is 5.91 Å². The third-order valence-corrected chi connectivity index (χ3v) is 3.88. The third-order valence-electron chi connectivity index (χ3n) is 3.88. The van der Waals surface area contributed by atoms with Crippen molar-refractivity contribution in [2.45, 2.75) is 18.4 Å². The smallest absolute Gasteiger partial charge is 0.257 e. The minimum atomic E-state index is -1.17. The summed E-state index contributed by atoms with van der Waals surface area (Å²) in [5.74, 6) is -5.41. The van der Waals surface area contributed by atoms with Crippen molar-refractivity contribution in [1.82, 2.24) is 5.32 Å². The quantitative estimate of drug-likeness (QED) is 0.875. The number of benzene rings is 2. The minimum Gasteiger partial charge on any atom is -0.348 e. The third kappa shape index (κ3) is 2.83. The normalized spacial score (nSPS) is 18.8. The van der Waals surface area contributed by atoms with Gasteiger partial charge in [0, 0.05) is 17.5 Å². The molecule has 0 bridgehead atoms. The summed E-state index contributed by atoms with van der Waals surface area (Å²) in [7, 11) is 0. The van der Waals surface area contributed by atoms with E-state index >= 15 is 0 Å². The maximum Gasteiger partial charge on any atom is 0.257 e. The van der Waals surface area contributed by atoms with E-state index < -0.39 is 46.7 Å². The lowest BCUT2D eigenvalue weighted by molar-refractivity contribution is 0.0941. The standard InChI is InChI=1S/C17H10F4N2O/c18-10-2-1-3-11(19)15(10)9-6-14(9)23-17(24)16-12(20)4-8(7-22)5-13(16)21/h1-5,9,14H,6H2,(H,23,24)/t9-,14-/m1/s1. The molecule has 2 aromatic rings. The van der Waals surface area contributed by atoms with E-state index in [0.29, 0.717) is 0 Å². The van der Waals surface area contributed by atoms with Crippen molar-refractivity contribution in [3.8, 4) is 6.07 Å². The van der Waals surface area contributed by atoms with E-state index in [9.17, 15) is 22.4 Å². The molecule has 7 heteroatoms. The number of carbonyl (C=O) groups excluding carboxylic acids is 1. The second-order valence-corrected chi connectivity index (χ2v) is 5.48. The van der Waals surface area contributed by atoms with Crippen molar-refractivity contribution >= 4 is 5.91 Å². The molecule has 0 aromatic heterocycles. The topological polar surface area (TPSA) is 52.9 Å². The summed E-state index contributed by atoms with van der Waals surface area (Å²) in [6.45, 7) is 0. The Morgan fingerprint density at radius 3 is 2.21 bits per heavy atom. The molecule has 0 saturated heterocycles. The molecule has 1 N–H and O–H groups in total. The Kier molecular flexibility index (Phi) is 3.97. The van der Waals surface area contributed by atoms with Gasteiger partial charge >= 0.3 is 0 Å². The van der Waals surface area contributed by atoms with Crippen LogP contribution in [0.1, 0.15) is 33.8 Å². The van der Waals surface area contributed by atoms with Crippen molar-refractivity contribution < 1.29 is 22.4 Å². The molecule has 1 amide bonds. The van der Waals surface area contributed by atoms with Crippen molar-refractivity contribution in [2.75, 3.05) is 0 Å². The lowest BCUT2D eigenvalue weighted by atomic mass is 10.1. The van der Waals surface area contributed by atoms with E-state index in [1.807, 2.05) is 0 Å². The van der Waals surface area contributed by atoms with Gasteiger partial charge in [-0.2, -0.15) is 5.26 Å². The van der Waals surface area contributed by atoms with Gasteiger partial charge in [0.05, 0.1) is 11.6 Å². The number of carbonyl (C=O) groups is 1. The van der Waals surface area contributed by atoms with Crippen LogP contribution in [-0.4, -0.2) is 11.9 Å². The molecule has 1 saturated carbocycles. The van der Waals surface area contributed by atoms with Crippen molar-refractivity contribution in [2.24, 2.45) is 0 Å². The second-order valence-electron chi connectivity index (χ2n) is 5.48. The summed E-state index contributed by atoms with van der Waals surface area (Å²) < 4.78 is 55.0. The Balaban J connectivity index is 1.78. The van der Waals surface area contributed by atoms with E-state index in [1.165, 1.54) is 6.07 Å². The van der Waals surface area contributed by atoms with E-state index in [2.05, 4.69) is 5.32 Å². The first-order valence-corrected chi connectivity index (χ1v) is 7.06. The van der Waals surface area contributed by atoms with Gasteiger partial charge in [-0.25, -0.2) is 17.6 Å². The molecule has 0 heterocycles. The second kappa shape index (κ2) is 5.96. The van der Waals surface area contributed by atoms with Gasteiger partial charge < -0.3 is 5.32 Å². The molecule has 0 unspecified atom stereocenters. The van der Waals surface area contributed by atoms with Crippen LogP contribution in [0, 0.1) is 34.6 Å². The minimum absolute atomic E-state index is 0.149. The van der Waals surface area contributed by atoms with Crippen LogP contribution in [0.2, 0.25) is 0 Å². The molecule has 1 fully saturated rings. The van der Waals surface area contributed by atoms with E-state index in [1.54, 1.807) is 6.07 Å². The highest BCUT2D eigenvalue weighted by atomic mass is 19.1. The molecule has 1 aliphatic rings. The Labute approximate surface area is 134 Å². The molecule has 2 aromatic carbocycles. The molecule has 3 nitrogen and oxygen atoms in total. The summed E-state index contributed by atoms with van der Waals surface area (Å²) in [6.07, 6.45) is 0.267. The summed E-state index contributed by atoms with van der Waals surface area (Å²) in [5, 5.41) is 11.0. The van der Waals surface area contributed by atoms with Crippen LogP contribution in [0.3, 0.4) is 0 Å². The van der Waals surface area contributed by atoms with Crippen LogP contribution in [0.15, 0.2) is 30.3 Å². The number of nitrogens with zero attached hydrogens (tertiary/aromatic N) is 1. The number of rotatable bonds is 3. The number of amides is 1. The van der Waals surface area contributed by atoms with Gasteiger partial charge in [0.2, 0.25) is 0 Å². The average molecular weight is 334 g/mol. The SMILES string of the molecule is N#Cc1cc(F)c(C(=O)N[C@@H]2C[C@H]2c2c(F)cccc2F)c(F)c1. The molecule has 122 valence electrons. The van der Waals surface area contributed by atoms with Crippen molar-refractivity contribution in [3.63, 3.8) is 0 Å². The maximum absolute atomic E-state index is 13.8. The average Bonchev–Trinajstić information content (AvgIpc) is 3.24. The summed E-state index contributed by atoms with van der Waals surface area (Å²) in [5.41, 5.74) is -1.23. The van der Waals surface area contributed by atoms with Crippen LogP contribution in [0.25, 0.3) is 0 Å². The summed E-state index contributed by atoms with van der Waals surface area (Å²) in [4.78, 5) is 12.0. The Hall–Kier alpha value is -2.88. The van der Waals surface area contributed by atoms with Gasteiger partial charge in [-0.3, -0.25) is 4.79 Å². The van der Waals surface area contributed by atoms with Crippen molar-refractivity contribution in [1.29, 1.82) is 5.26 Å². The van der Waals surface area contributed by atoms with E-state index in [4.69, 9.17) is 5.26 Å². The summed E-state index contributed by atoms with van der Waals surface area (Å²) in [6, 6.07) is 5.90. The maximum atomic E-state index is 13.8. The molecular weight excluding hydrogens is 324 g/mol. The van der Waals surface area contributed by atoms with Gasteiger partial charge in [0.15, 0.2) is 0 Å². The number of halogens is 4. The number of nitrogens with one attached hydrogen (secondary N) is 1. The van der Waals surface area contributed by atoms with Gasteiger partial charge in [0.1, 0.15) is 28.8 Å². The van der Waals surface area contributed by atoms with Gasteiger partial charge in [-0.1, -0.05) is 6.07 Å². The molecule has 0 spiro atoms. The molecule has 2 atom stereocenters. The number of hydrogen-bond acceptors (Lipinski definition) is 2. The highest BCUT2D eigenvalue weighted by Crippen LogP contribution is 2.43. The Morgan fingerprint density at radius 2 is 1.67 bits per heavy atom. The van der Waals surface area contributed by atoms with E-state index in [-0.39, 0.29) is 17.5 Å². The fraction of sp³-hybridized carbons (Fsp3) is 0.176. The monoisotopic (exact) mass is 334 g/mol. The van der Waals surface area contributed by atoms with Gasteiger partial charge in [-0.05, 0) is 30.7 Å². The zero-order valence-electron chi connectivity index (χ0n) is 12.1. The van der Waals surface area contributed by atoms with Crippen LogP contribution in [-0.2, 0) is 0 Å². The van der Waals surface area contributed by atoms with E-state index in [0.717, 1.165) is 24.3 Å². The molecule has 3 rings (SSSR count). The van der Waals surface area contributed by atoms with Crippen LogP contribution >= 0.6 is 0 Å². The zero-order chi connectivity index (χ0) is 17.4. The molecule has 1 aliphatic carbocycles. The molecule has 0 radical (unpaired) electrons. The predicted octanol–water partition coefficient (Wildman–Crippen LogP) is 3.40. The first-order valence-electron chi connectivity index (χ1n) is 7.06. The molecule has 24 heavy (non-hydrogen) atoms. The Morgan fingerprint density at radius 1 is 1.08 bits per heavy atom. The highest BCUT2D eigenvalue weighted by molar-refractivity contribution is 5.95. The fourth-order valence-corrected chi connectivity index (χ4v) is 2.63. The number of nitriles is 1. The summed E-state index contributed by atoms with van der Waals surface area (Å²) >= 11 is 0. The van der Waals surface area contributed by atoms with Crippen LogP contribution in [0.5, 0.6) is 0 Å². The van der Waals surface area contributed by atoms with Crippen LogP contribution in [0.4, 0.5) is 17.6 Å². The molecular formula is C17H10F4N2O. The predicted molar refractivity (Wildman–Crippen MR) is 76.0 cm³/mol. The zero-order valence-corrected chi connectivity index (χ0v) is 12.1. The first kappa shape index (κ1) is 16.0. The van der Waals surface area contributed by atoms with Crippen LogP contribution < -0.4 is 5.32 Å². The van der Waals surface area contributed by atoms with Crippen molar-refractivity contribution in [3.05, 3.63) is 70.3 Å². The largest absolute Gasteiger partial charge is 0.348 e.